The van der Waals surface area contributed by atoms with Crippen molar-refractivity contribution >= 4 is 69.9 Å². The summed E-state index contributed by atoms with van der Waals surface area (Å²) in [5.74, 6) is -1.18. The summed E-state index contributed by atoms with van der Waals surface area (Å²) in [5, 5.41) is 6.23. The molecule has 0 bridgehead atoms. The highest BCUT2D eigenvalue weighted by Gasteiger charge is 2.49. The second kappa shape index (κ2) is 7.79. The summed E-state index contributed by atoms with van der Waals surface area (Å²) in [4.78, 5) is 38.4. The normalized spacial score (nSPS) is 19.0. The van der Waals surface area contributed by atoms with E-state index in [9.17, 15) is 14.4 Å². The summed E-state index contributed by atoms with van der Waals surface area (Å²) < 4.78 is 0. The van der Waals surface area contributed by atoms with Gasteiger partial charge in [0.1, 0.15) is 12.1 Å². The van der Waals surface area contributed by atoms with Crippen molar-refractivity contribution in [3.05, 3.63) is 62.1 Å². The number of rotatable bonds is 4. The number of nitrogens with zero attached hydrogens (tertiary/aromatic N) is 1. The minimum Gasteiger partial charge on any atom is -0.323 e. The van der Waals surface area contributed by atoms with Crippen LogP contribution in [0.2, 0.25) is 20.1 Å². The number of amides is 4. The van der Waals surface area contributed by atoms with Crippen LogP contribution in [0, 0.1) is 0 Å². The zero-order chi connectivity index (χ0) is 20.6. The molecular weight excluding hydrogens is 448 g/mol. The van der Waals surface area contributed by atoms with Crippen molar-refractivity contribution in [3.63, 3.8) is 0 Å². The maximum Gasteiger partial charge on any atom is 0.325 e. The summed E-state index contributed by atoms with van der Waals surface area (Å²) in [6.45, 7) is 1.06. The summed E-state index contributed by atoms with van der Waals surface area (Å²) in [6.07, 6.45) is 0. The molecule has 0 aromatic heterocycles. The Hall–Kier alpha value is -1.99. The van der Waals surface area contributed by atoms with E-state index >= 15 is 0 Å². The maximum atomic E-state index is 12.8. The van der Waals surface area contributed by atoms with E-state index in [1.54, 1.807) is 31.2 Å². The van der Waals surface area contributed by atoms with Gasteiger partial charge in [-0.05, 0) is 36.8 Å². The third kappa shape index (κ3) is 3.91. The molecule has 1 atom stereocenters. The Balaban J connectivity index is 1.76. The molecule has 2 N–H and O–H groups in total. The van der Waals surface area contributed by atoms with Crippen molar-refractivity contribution in [1.82, 2.24) is 10.2 Å². The largest absolute Gasteiger partial charge is 0.325 e. The Labute approximate surface area is 180 Å². The Bertz CT molecular complexity index is 981. The first-order valence-corrected chi connectivity index (χ1v) is 9.47. The summed E-state index contributed by atoms with van der Waals surface area (Å²) >= 11 is 23.7. The molecule has 1 heterocycles. The van der Waals surface area contributed by atoms with Gasteiger partial charge in [-0.1, -0.05) is 58.5 Å². The molecule has 1 fully saturated rings. The lowest BCUT2D eigenvalue weighted by atomic mass is 9.92. The first-order chi connectivity index (χ1) is 13.1. The molecule has 1 saturated heterocycles. The molecule has 0 radical (unpaired) electrons. The Kier molecular flexibility index (Phi) is 5.77. The molecule has 0 unspecified atom stereocenters. The number of carbonyl (C=O) groups is 3. The lowest BCUT2D eigenvalue weighted by molar-refractivity contribution is -0.133. The fraction of sp³-hybridized carbons (Fsp3) is 0.167. The molecule has 1 aliphatic rings. The molecule has 1 aliphatic heterocycles. The maximum absolute atomic E-state index is 12.8. The standard InChI is InChI=1S/C18H13Cl4N3O3/c1-18(9-2-4-10(19)5-3-9)16(27)25(17(28)24-18)8-15(26)23-14-7-12(21)11(20)6-13(14)22/h2-7H,8H2,1H3,(H,23,26)(H,24,28)/t18-/m0/s1. The fourth-order valence-electron chi connectivity index (χ4n) is 2.77. The van der Waals surface area contributed by atoms with Gasteiger partial charge < -0.3 is 10.6 Å². The number of nitrogens with one attached hydrogen (secondary N) is 2. The summed E-state index contributed by atoms with van der Waals surface area (Å²) in [7, 11) is 0. The van der Waals surface area contributed by atoms with Gasteiger partial charge in [0.25, 0.3) is 5.91 Å². The van der Waals surface area contributed by atoms with Gasteiger partial charge in [0, 0.05) is 5.02 Å². The van der Waals surface area contributed by atoms with E-state index < -0.39 is 29.9 Å². The highest BCUT2D eigenvalue weighted by Crippen LogP contribution is 2.33. The van der Waals surface area contributed by atoms with Crippen LogP contribution in [-0.4, -0.2) is 29.3 Å². The van der Waals surface area contributed by atoms with Gasteiger partial charge in [-0.2, -0.15) is 0 Å². The molecule has 10 heteroatoms. The molecule has 146 valence electrons. The second-order valence-corrected chi connectivity index (χ2v) is 7.91. The van der Waals surface area contributed by atoms with Crippen LogP contribution in [0.3, 0.4) is 0 Å². The molecule has 2 aromatic carbocycles. The van der Waals surface area contributed by atoms with Crippen LogP contribution >= 0.6 is 46.4 Å². The van der Waals surface area contributed by atoms with E-state index in [-0.39, 0.29) is 20.8 Å². The topological polar surface area (TPSA) is 78.5 Å². The lowest BCUT2D eigenvalue weighted by Gasteiger charge is -2.22. The van der Waals surface area contributed by atoms with Crippen molar-refractivity contribution in [2.45, 2.75) is 12.5 Å². The Morgan fingerprint density at radius 3 is 2.29 bits per heavy atom. The number of halogens is 4. The van der Waals surface area contributed by atoms with Gasteiger partial charge in [0.05, 0.1) is 20.8 Å². The molecule has 6 nitrogen and oxygen atoms in total. The molecule has 3 rings (SSSR count). The van der Waals surface area contributed by atoms with Crippen LogP contribution < -0.4 is 10.6 Å². The van der Waals surface area contributed by atoms with E-state index in [0.29, 0.717) is 10.6 Å². The third-order valence-electron chi connectivity index (χ3n) is 4.28. The first kappa shape index (κ1) is 20.7. The van der Waals surface area contributed by atoms with Gasteiger partial charge in [-0.3, -0.25) is 14.5 Å². The van der Waals surface area contributed by atoms with E-state index in [2.05, 4.69) is 10.6 Å². The minimum absolute atomic E-state index is 0.172. The summed E-state index contributed by atoms with van der Waals surface area (Å²) in [5.41, 5.74) is -0.539. The van der Waals surface area contributed by atoms with Crippen LogP contribution in [0.25, 0.3) is 0 Å². The molecule has 2 aromatic rings. The first-order valence-electron chi connectivity index (χ1n) is 7.96. The minimum atomic E-state index is -1.30. The van der Waals surface area contributed by atoms with Gasteiger partial charge in [-0.25, -0.2) is 4.79 Å². The van der Waals surface area contributed by atoms with E-state index in [0.717, 1.165) is 4.90 Å². The van der Waals surface area contributed by atoms with Crippen molar-refractivity contribution in [1.29, 1.82) is 0 Å². The lowest BCUT2D eigenvalue weighted by Crippen LogP contribution is -2.42. The number of anilines is 1. The predicted molar refractivity (Wildman–Crippen MR) is 109 cm³/mol. The van der Waals surface area contributed by atoms with E-state index in [4.69, 9.17) is 46.4 Å². The van der Waals surface area contributed by atoms with Gasteiger partial charge in [-0.15, -0.1) is 0 Å². The highest BCUT2D eigenvalue weighted by molar-refractivity contribution is 6.44. The predicted octanol–water partition coefficient (Wildman–Crippen LogP) is 4.71. The quantitative estimate of drug-likeness (QED) is 0.512. The monoisotopic (exact) mass is 459 g/mol. The number of hydrogen-bond donors (Lipinski definition) is 2. The third-order valence-corrected chi connectivity index (χ3v) is 5.57. The number of hydrogen-bond acceptors (Lipinski definition) is 3. The molecule has 28 heavy (non-hydrogen) atoms. The molecule has 0 saturated carbocycles. The summed E-state index contributed by atoms with van der Waals surface area (Å²) in [6, 6.07) is 8.59. The average Bonchev–Trinajstić information content (AvgIpc) is 2.84. The Morgan fingerprint density at radius 1 is 1.04 bits per heavy atom. The number of imide groups is 1. The van der Waals surface area contributed by atoms with Crippen LogP contribution in [0.4, 0.5) is 10.5 Å². The van der Waals surface area contributed by atoms with Crippen molar-refractivity contribution < 1.29 is 14.4 Å². The van der Waals surface area contributed by atoms with Crippen molar-refractivity contribution in [2.24, 2.45) is 0 Å². The van der Waals surface area contributed by atoms with Crippen LogP contribution in [0.1, 0.15) is 12.5 Å². The van der Waals surface area contributed by atoms with Gasteiger partial charge in [0.15, 0.2) is 0 Å². The van der Waals surface area contributed by atoms with Gasteiger partial charge in [0.2, 0.25) is 5.91 Å². The SMILES string of the molecule is C[C@@]1(c2ccc(Cl)cc2)NC(=O)N(CC(=O)Nc2cc(Cl)c(Cl)cc2Cl)C1=O. The fourth-order valence-corrected chi connectivity index (χ4v) is 3.49. The van der Waals surface area contributed by atoms with E-state index in [1.165, 1.54) is 12.1 Å². The van der Waals surface area contributed by atoms with Crippen LogP contribution in [0.5, 0.6) is 0 Å². The molecule has 0 aliphatic carbocycles. The molecular formula is C18H13Cl4N3O3. The number of carbonyl (C=O) groups excluding carboxylic acids is 3. The van der Waals surface area contributed by atoms with Gasteiger partial charge >= 0.3 is 6.03 Å². The zero-order valence-electron chi connectivity index (χ0n) is 14.4. The average molecular weight is 461 g/mol. The van der Waals surface area contributed by atoms with E-state index in [1.807, 2.05) is 0 Å². The highest BCUT2D eigenvalue weighted by atomic mass is 35.5. The molecule has 0 spiro atoms. The number of urea groups is 1. The van der Waals surface area contributed by atoms with Crippen LogP contribution in [0.15, 0.2) is 36.4 Å². The smallest absolute Gasteiger partial charge is 0.323 e. The zero-order valence-corrected chi connectivity index (χ0v) is 17.4. The molecule has 4 amide bonds. The van der Waals surface area contributed by atoms with Crippen molar-refractivity contribution in [3.8, 4) is 0 Å². The number of benzene rings is 2. The van der Waals surface area contributed by atoms with Crippen LogP contribution in [-0.2, 0) is 15.1 Å². The Morgan fingerprint density at radius 2 is 1.64 bits per heavy atom. The second-order valence-electron chi connectivity index (χ2n) is 6.25. The van der Waals surface area contributed by atoms with Crippen molar-refractivity contribution in [2.75, 3.05) is 11.9 Å².